The van der Waals surface area contributed by atoms with Crippen molar-refractivity contribution in [3.05, 3.63) is 11.6 Å². The molecule has 4 nitrogen and oxygen atoms in total. The summed E-state index contributed by atoms with van der Waals surface area (Å²) in [6, 6.07) is 0. The van der Waals surface area contributed by atoms with Gasteiger partial charge in [0.15, 0.2) is 0 Å². The summed E-state index contributed by atoms with van der Waals surface area (Å²) in [5.41, 5.74) is 0.972. The topological polar surface area (TPSA) is 63.6 Å². The van der Waals surface area contributed by atoms with E-state index in [9.17, 15) is 8.42 Å². The normalized spacial score (nSPS) is 15.1. The molecule has 1 unspecified atom stereocenters. The summed E-state index contributed by atoms with van der Waals surface area (Å²) in [6.07, 6.45) is 5.69. The quantitative estimate of drug-likeness (QED) is 0.526. The predicted molar refractivity (Wildman–Crippen MR) is 64.7 cm³/mol. The number of aliphatic hydroxyl groups excluding tert-OH is 1. The minimum Gasteiger partial charge on any atom is -0.392 e. The second-order valence-corrected chi connectivity index (χ2v) is 5.85. The first-order valence-corrected chi connectivity index (χ1v) is 7.27. The van der Waals surface area contributed by atoms with Crippen LogP contribution in [-0.2, 0) is 14.3 Å². The number of hydrogen-bond donors (Lipinski definition) is 1. The number of aliphatic hydroxyl groups is 1. The summed E-state index contributed by atoms with van der Waals surface area (Å²) in [5, 5.41) is 8.78. The van der Waals surface area contributed by atoms with E-state index in [1.165, 1.54) is 0 Å². The van der Waals surface area contributed by atoms with E-state index in [1.807, 2.05) is 13.0 Å². The van der Waals surface area contributed by atoms with Gasteiger partial charge in [0.25, 0.3) is 10.1 Å². The van der Waals surface area contributed by atoms with Crippen LogP contribution in [0.3, 0.4) is 0 Å². The van der Waals surface area contributed by atoms with E-state index < -0.39 is 10.1 Å². The highest BCUT2D eigenvalue weighted by atomic mass is 32.2. The van der Waals surface area contributed by atoms with Crippen molar-refractivity contribution in [3.8, 4) is 0 Å². The lowest BCUT2D eigenvalue weighted by Gasteiger charge is -2.09. The largest absolute Gasteiger partial charge is 0.392 e. The van der Waals surface area contributed by atoms with Gasteiger partial charge in [-0.05, 0) is 32.1 Å². The lowest BCUT2D eigenvalue weighted by molar-refractivity contribution is 0.285. The molecule has 0 aromatic heterocycles. The Hall–Kier alpha value is -0.390. The summed E-state index contributed by atoms with van der Waals surface area (Å²) < 4.78 is 26.1. The van der Waals surface area contributed by atoms with Crippen molar-refractivity contribution in [2.75, 3.05) is 19.5 Å². The van der Waals surface area contributed by atoms with Crippen molar-refractivity contribution < 1.29 is 17.7 Å². The summed E-state index contributed by atoms with van der Waals surface area (Å²) in [4.78, 5) is 0. The molecule has 1 atom stereocenters. The van der Waals surface area contributed by atoms with Gasteiger partial charge < -0.3 is 5.11 Å². The van der Waals surface area contributed by atoms with Crippen molar-refractivity contribution in [2.24, 2.45) is 5.92 Å². The van der Waals surface area contributed by atoms with Crippen LogP contribution in [0.25, 0.3) is 0 Å². The molecule has 0 aliphatic rings. The summed E-state index contributed by atoms with van der Waals surface area (Å²) in [7, 11) is -3.30. The highest BCUT2D eigenvalue weighted by Crippen LogP contribution is 2.12. The number of rotatable bonds is 8. The molecule has 0 fully saturated rings. The molecule has 0 aromatic rings. The fraction of sp³-hybridized carbons (Fsp3) is 0.818. The lowest BCUT2D eigenvalue weighted by atomic mass is 10.0. The fourth-order valence-corrected chi connectivity index (χ4v) is 1.62. The Bertz CT molecular complexity index is 306. The van der Waals surface area contributed by atoms with E-state index in [2.05, 4.69) is 11.1 Å². The zero-order valence-electron chi connectivity index (χ0n) is 10.3. The van der Waals surface area contributed by atoms with Crippen molar-refractivity contribution in [1.29, 1.82) is 0 Å². The maximum atomic E-state index is 10.7. The van der Waals surface area contributed by atoms with Crippen LogP contribution < -0.4 is 0 Å². The molecular formula is C11H22O4S. The monoisotopic (exact) mass is 250 g/mol. The third kappa shape index (κ3) is 10.1. The molecule has 1 N–H and O–H groups in total. The molecular weight excluding hydrogens is 228 g/mol. The third-order valence-electron chi connectivity index (χ3n) is 2.31. The van der Waals surface area contributed by atoms with Crippen LogP contribution in [0.2, 0.25) is 0 Å². The summed E-state index contributed by atoms with van der Waals surface area (Å²) in [6.45, 7) is 4.31. The molecule has 0 saturated heterocycles. The van der Waals surface area contributed by atoms with Gasteiger partial charge in [-0.3, -0.25) is 4.18 Å². The fourth-order valence-electron chi connectivity index (χ4n) is 1.22. The molecule has 0 aliphatic heterocycles. The van der Waals surface area contributed by atoms with Gasteiger partial charge in [0.1, 0.15) is 0 Å². The highest BCUT2D eigenvalue weighted by molar-refractivity contribution is 7.85. The maximum absolute atomic E-state index is 10.7. The van der Waals surface area contributed by atoms with Gasteiger partial charge in [0.05, 0.1) is 19.5 Å². The summed E-state index contributed by atoms with van der Waals surface area (Å²) in [5.74, 6) is 0.421. The van der Waals surface area contributed by atoms with Crippen molar-refractivity contribution in [3.63, 3.8) is 0 Å². The molecule has 0 bridgehead atoms. The van der Waals surface area contributed by atoms with Crippen LogP contribution in [0.5, 0.6) is 0 Å². The van der Waals surface area contributed by atoms with E-state index in [1.54, 1.807) is 0 Å². The molecule has 16 heavy (non-hydrogen) atoms. The van der Waals surface area contributed by atoms with E-state index >= 15 is 0 Å². The van der Waals surface area contributed by atoms with Gasteiger partial charge in [-0.2, -0.15) is 8.42 Å². The molecule has 96 valence electrons. The average Bonchev–Trinajstić information content (AvgIpc) is 2.15. The predicted octanol–water partition coefficient (Wildman–Crippen LogP) is 1.71. The van der Waals surface area contributed by atoms with E-state index in [-0.39, 0.29) is 13.2 Å². The van der Waals surface area contributed by atoms with Gasteiger partial charge in [-0.25, -0.2) is 0 Å². The highest BCUT2D eigenvalue weighted by Gasteiger charge is 2.05. The van der Waals surface area contributed by atoms with Crippen molar-refractivity contribution >= 4 is 10.1 Å². The van der Waals surface area contributed by atoms with Crippen LogP contribution in [-0.4, -0.2) is 33.0 Å². The Morgan fingerprint density at radius 2 is 2.06 bits per heavy atom. The second kappa shape index (κ2) is 7.81. The van der Waals surface area contributed by atoms with E-state index in [0.29, 0.717) is 5.92 Å². The molecule has 0 aromatic carbocycles. The zero-order valence-corrected chi connectivity index (χ0v) is 11.1. The summed E-state index contributed by atoms with van der Waals surface area (Å²) >= 11 is 0. The first-order chi connectivity index (χ1) is 7.35. The minimum absolute atomic E-state index is 0.103. The van der Waals surface area contributed by atoms with Crippen LogP contribution in [0, 0.1) is 5.92 Å². The van der Waals surface area contributed by atoms with Crippen molar-refractivity contribution in [1.82, 2.24) is 0 Å². The maximum Gasteiger partial charge on any atom is 0.264 e. The Balaban J connectivity index is 3.64. The van der Waals surface area contributed by atoms with Gasteiger partial charge in [0, 0.05) is 0 Å². The zero-order chi connectivity index (χ0) is 12.6. The standard InChI is InChI=1S/C11H22O4S/c1-10(5-4-6-11(2)9-12)7-8-15-16(3,13)14/h6,10,12H,4-5,7-9H2,1-3H3/b11-6+. The lowest BCUT2D eigenvalue weighted by Crippen LogP contribution is -2.07. The average molecular weight is 250 g/mol. The van der Waals surface area contributed by atoms with Gasteiger partial charge in [-0.15, -0.1) is 0 Å². The first kappa shape index (κ1) is 15.6. The second-order valence-electron chi connectivity index (χ2n) is 4.21. The molecule has 0 saturated carbocycles. The smallest absolute Gasteiger partial charge is 0.264 e. The Kier molecular flexibility index (Phi) is 7.62. The SMILES string of the molecule is C/C(=C\CCC(C)CCOS(C)(=O)=O)CO. The van der Waals surface area contributed by atoms with Gasteiger partial charge in [-0.1, -0.05) is 18.6 Å². The van der Waals surface area contributed by atoms with Gasteiger partial charge in [0.2, 0.25) is 0 Å². The molecule has 0 radical (unpaired) electrons. The van der Waals surface area contributed by atoms with Crippen LogP contribution in [0.1, 0.15) is 33.1 Å². The Morgan fingerprint density at radius 3 is 2.56 bits per heavy atom. The van der Waals surface area contributed by atoms with E-state index in [0.717, 1.165) is 31.1 Å². The van der Waals surface area contributed by atoms with Crippen molar-refractivity contribution in [2.45, 2.75) is 33.1 Å². The number of allylic oxidation sites excluding steroid dienone is 1. The molecule has 0 aliphatic carbocycles. The first-order valence-electron chi connectivity index (χ1n) is 5.46. The number of hydrogen-bond acceptors (Lipinski definition) is 4. The van der Waals surface area contributed by atoms with Crippen LogP contribution in [0.4, 0.5) is 0 Å². The third-order valence-corrected chi connectivity index (χ3v) is 2.90. The van der Waals surface area contributed by atoms with Gasteiger partial charge >= 0.3 is 0 Å². The molecule has 5 heteroatoms. The molecule has 0 rings (SSSR count). The molecule has 0 amide bonds. The minimum atomic E-state index is -3.30. The molecule has 0 spiro atoms. The Labute approximate surface area is 98.4 Å². The van der Waals surface area contributed by atoms with Crippen LogP contribution in [0.15, 0.2) is 11.6 Å². The van der Waals surface area contributed by atoms with E-state index in [4.69, 9.17) is 5.11 Å². The Morgan fingerprint density at radius 1 is 1.44 bits per heavy atom. The van der Waals surface area contributed by atoms with Crippen LogP contribution >= 0.6 is 0 Å². The molecule has 0 heterocycles.